The van der Waals surface area contributed by atoms with Crippen molar-refractivity contribution in [1.29, 1.82) is 0 Å². The van der Waals surface area contributed by atoms with Crippen LogP contribution in [0, 0.1) is 0 Å². The van der Waals surface area contributed by atoms with Crippen LogP contribution in [-0.4, -0.2) is 29.8 Å². The largest absolute Gasteiger partial charge is 0.418 e. The molecule has 1 aromatic heterocycles. The van der Waals surface area contributed by atoms with Gasteiger partial charge in [0.2, 0.25) is 0 Å². The summed E-state index contributed by atoms with van der Waals surface area (Å²) in [4.78, 5) is 37.8. The van der Waals surface area contributed by atoms with Crippen LogP contribution < -0.4 is 10.7 Å². The van der Waals surface area contributed by atoms with Gasteiger partial charge in [-0.25, -0.2) is 0 Å². The van der Waals surface area contributed by atoms with Crippen molar-refractivity contribution in [3.8, 4) is 0 Å². The zero-order chi connectivity index (χ0) is 21.1. The minimum atomic E-state index is -4.94. The number of ketones is 1. The molecule has 2 aromatic rings. The Morgan fingerprint density at radius 3 is 2.46 bits per heavy atom. The van der Waals surface area contributed by atoms with E-state index in [1.807, 2.05) is 0 Å². The van der Waals surface area contributed by atoms with Gasteiger partial charge >= 0.3 is 12.8 Å². The second-order valence-corrected chi connectivity index (χ2v) is 5.76. The molecule has 0 aliphatic heterocycles. The Kier molecular flexibility index (Phi) is 6.49. The highest BCUT2D eigenvalue weighted by molar-refractivity contribution is 5.97. The maximum Gasteiger partial charge on any atom is 0.418 e. The number of halogens is 5. The number of rotatable bonds is 7. The van der Waals surface area contributed by atoms with Gasteiger partial charge in [-0.3, -0.25) is 14.4 Å². The van der Waals surface area contributed by atoms with E-state index in [9.17, 15) is 36.3 Å². The number of carbonyl (C=O) groups is 2. The van der Waals surface area contributed by atoms with Crippen LogP contribution in [0.1, 0.15) is 35.0 Å². The molecule has 1 amide bonds. The van der Waals surface area contributed by atoms with Gasteiger partial charge in [-0.15, -0.1) is 0 Å². The number of carbonyl (C=O) groups excluding carboxylic acids is 2. The maximum absolute atomic E-state index is 13.4. The number of hydrogen-bond acceptors (Lipinski definition) is 4. The molecule has 1 heterocycles. The second kappa shape index (κ2) is 8.46. The predicted molar refractivity (Wildman–Crippen MR) is 88.0 cm³/mol. The lowest BCUT2D eigenvalue weighted by molar-refractivity contribution is -0.139. The van der Waals surface area contributed by atoms with Gasteiger partial charge in [0.05, 0.1) is 24.2 Å². The molecule has 0 saturated heterocycles. The molecule has 0 aliphatic carbocycles. The quantitative estimate of drug-likeness (QED) is 0.692. The smallest absolute Gasteiger partial charge is 0.350 e. The maximum atomic E-state index is 13.4. The first-order valence-corrected chi connectivity index (χ1v) is 7.99. The summed E-state index contributed by atoms with van der Waals surface area (Å²) in [7, 11) is 0. The molecule has 0 saturated carbocycles. The van der Waals surface area contributed by atoms with Crippen molar-refractivity contribution in [2.75, 3.05) is 6.54 Å². The van der Waals surface area contributed by atoms with Gasteiger partial charge in [0, 0.05) is 17.9 Å². The number of H-pyrrole nitrogens is 1. The van der Waals surface area contributed by atoms with Gasteiger partial charge in [0.15, 0.2) is 11.2 Å². The number of hydrogen-bond donors (Lipinski definition) is 2. The van der Waals surface area contributed by atoms with Crippen molar-refractivity contribution in [2.45, 2.75) is 32.7 Å². The Labute approximate surface area is 154 Å². The van der Waals surface area contributed by atoms with E-state index in [4.69, 9.17) is 0 Å². The first-order chi connectivity index (χ1) is 13.0. The molecular weight excluding hydrogens is 391 g/mol. The van der Waals surface area contributed by atoms with E-state index in [1.54, 1.807) is 6.92 Å². The highest BCUT2D eigenvalue weighted by atomic mass is 19.4. The molecule has 1 aromatic carbocycles. The standard InChI is InChI=1S/C17H15F5N2O4/c1-2-9(25)6-23-15(27)12-5-13(26)10-3-8(7-28-16(18)19)4-11(14(10)24-12)17(20,21)22/h3-5,16H,2,6-7H2,1H3,(H,23,27)(H,24,26). The van der Waals surface area contributed by atoms with Crippen molar-refractivity contribution < 1.29 is 36.3 Å². The van der Waals surface area contributed by atoms with Gasteiger partial charge in [-0.1, -0.05) is 6.92 Å². The van der Waals surface area contributed by atoms with Crippen molar-refractivity contribution in [1.82, 2.24) is 10.3 Å². The number of benzene rings is 1. The average Bonchev–Trinajstić information content (AvgIpc) is 2.62. The summed E-state index contributed by atoms with van der Waals surface area (Å²) < 4.78 is 68.5. The third-order valence-corrected chi connectivity index (χ3v) is 3.77. The van der Waals surface area contributed by atoms with E-state index in [0.717, 1.165) is 12.1 Å². The number of fused-ring (bicyclic) bond motifs is 1. The molecule has 28 heavy (non-hydrogen) atoms. The minimum Gasteiger partial charge on any atom is -0.350 e. The third-order valence-electron chi connectivity index (χ3n) is 3.77. The molecule has 0 unspecified atom stereocenters. The van der Waals surface area contributed by atoms with E-state index in [-0.39, 0.29) is 24.3 Å². The van der Waals surface area contributed by atoms with Crippen molar-refractivity contribution in [2.24, 2.45) is 0 Å². The van der Waals surface area contributed by atoms with Crippen LogP contribution >= 0.6 is 0 Å². The summed E-state index contributed by atoms with van der Waals surface area (Å²) in [5.74, 6) is -1.24. The van der Waals surface area contributed by atoms with Crippen LogP contribution in [0.2, 0.25) is 0 Å². The molecular formula is C17H15F5N2O4. The summed E-state index contributed by atoms with van der Waals surface area (Å²) in [5, 5.41) is 1.76. The van der Waals surface area contributed by atoms with E-state index < -0.39 is 52.9 Å². The number of aromatic amines is 1. The van der Waals surface area contributed by atoms with Gasteiger partial charge in [0.1, 0.15) is 5.69 Å². The van der Waals surface area contributed by atoms with Gasteiger partial charge in [-0.05, 0) is 17.7 Å². The van der Waals surface area contributed by atoms with E-state index in [2.05, 4.69) is 15.0 Å². The first kappa shape index (κ1) is 21.5. The van der Waals surface area contributed by atoms with Crippen LogP contribution in [0.25, 0.3) is 10.9 Å². The lowest BCUT2D eigenvalue weighted by Crippen LogP contribution is -2.30. The summed E-state index contributed by atoms with van der Waals surface area (Å²) in [6, 6.07) is 2.31. The summed E-state index contributed by atoms with van der Waals surface area (Å²) in [5.41, 5.74) is -3.66. The Morgan fingerprint density at radius 1 is 1.21 bits per heavy atom. The lowest BCUT2D eigenvalue weighted by atomic mass is 10.0. The van der Waals surface area contributed by atoms with Gasteiger partial charge in [-0.2, -0.15) is 22.0 Å². The normalized spacial score (nSPS) is 11.8. The second-order valence-electron chi connectivity index (χ2n) is 5.76. The number of nitrogens with one attached hydrogen (secondary N) is 2. The Morgan fingerprint density at radius 2 is 1.89 bits per heavy atom. The van der Waals surface area contributed by atoms with Crippen LogP contribution in [0.4, 0.5) is 22.0 Å². The third kappa shape index (κ3) is 5.12. The van der Waals surface area contributed by atoms with Gasteiger partial charge in [0.25, 0.3) is 5.91 Å². The number of Topliss-reactive ketones (excluding diaryl/α,β-unsaturated/α-hetero) is 1. The molecule has 0 spiro atoms. The van der Waals surface area contributed by atoms with Crippen LogP contribution in [0.15, 0.2) is 23.0 Å². The van der Waals surface area contributed by atoms with Crippen LogP contribution in [0.5, 0.6) is 0 Å². The summed E-state index contributed by atoms with van der Waals surface area (Å²) in [6.07, 6.45) is -4.79. The first-order valence-electron chi connectivity index (χ1n) is 7.99. The fraction of sp³-hybridized carbons (Fsp3) is 0.353. The van der Waals surface area contributed by atoms with Gasteiger partial charge < -0.3 is 15.0 Å². The van der Waals surface area contributed by atoms with Crippen molar-refractivity contribution in [3.63, 3.8) is 0 Å². The average molecular weight is 406 g/mol. The topological polar surface area (TPSA) is 88.3 Å². The molecule has 152 valence electrons. The lowest BCUT2D eigenvalue weighted by Gasteiger charge is -2.14. The van der Waals surface area contributed by atoms with E-state index in [0.29, 0.717) is 6.07 Å². The van der Waals surface area contributed by atoms with Crippen LogP contribution in [0.3, 0.4) is 0 Å². The Balaban J connectivity index is 2.54. The number of alkyl halides is 5. The predicted octanol–water partition coefficient (Wildman–Crippen LogP) is 3.00. The number of pyridine rings is 1. The zero-order valence-corrected chi connectivity index (χ0v) is 14.5. The van der Waals surface area contributed by atoms with Crippen LogP contribution in [-0.2, 0) is 22.3 Å². The molecule has 0 radical (unpaired) electrons. The summed E-state index contributed by atoms with van der Waals surface area (Å²) >= 11 is 0. The summed E-state index contributed by atoms with van der Waals surface area (Å²) in [6.45, 7) is -2.81. The Hall–Kier alpha value is -2.82. The molecule has 0 atom stereocenters. The van der Waals surface area contributed by atoms with Crippen molar-refractivity contribution in [3.05, 3.63) is 45.2 Å². The zero-order valence-electron chi connectivity index (χ0n) is 14.5. The number of aromatic nitrogens is 1. The highest BCUT2D eigenvalue weighted by Gasteiger charge is 2.34. The molecule has 2 N–H and O–H groups in total. The fourth-order valence-electron chi connectivity index (χ4n) is 2.40. The molecule has 0 fully saturated rings. The molecule has 0 bridgehead atoms. The number of ether oxygens (including phenoxy) is 1. The molecule has 2 rings (SSSR count). The SMILES string of the molecule is CCC(=O)CNC(=O)c1cc(=O)c2cc(COC(F)F)cc(C(F)(F)F)c2[nH]1. The Bertz CT molecular complexity index is 953. The fourth-order valence-corrected chi connectivity index (χ4v) is 2.40. The van der Waals surface area contributed by atoms with E-state index in [1.165, 1.54) is 0 Å². The molecule has 6 nitrogen and oxygen atoms in total. The minimum absolute atomic E-state index is 0.149. The molecule has 11 heteroatoms. The highest BCUT2D eigenvalue weighted by Crippen LogP contribution is 2.34. The monoisotopic (exact) mass is 406 g/mol. The van der Waals surface area contributed by atoms with E-state index >= 15 is 0 Å². The van der Waals surface area contributed by atoms with Crippen molar-refractivity contribution >= 4 is 22.6 Å². The molecule has 0 aliphatic rings. The number of amides is 1.